The molecule has 0 saturated carbocycles. The van der Waals surface area contributed by atoms with Crippen LogP contribution in [0, 0.1) is 20.8 Å². The molecule has 0 aliphatic carbocycles. The maximum atomic E-state index is 12.8. The van der Waals surface area contributed by atoms with E-state index >= 15 is 0 Å². The van der Waals surface area contributed by atoms with Gasteiger partial charge in [-0.3, -0.25) is 4.79 Å². The molecule has 0 atom stereocenters. The minimum absolute atomic E-state index is 0.278. The topological polar surface area (TPSA) is 85.4 Å². The van der Waals surface area contributed by atoms with Crippen molar-refractivity contribution in [3.05, 3.63) is 65.0 Å². The molecular formula is C22H22N4O3. The normalized spacial score (nSPS) is 12.4. The van der Waals surface area contributed by atoms with Crippen LogP contribution in [0.5, 0.6) is 11.5 Å². The third kappa shape index (κ3) is 4.13. The van der Waals surface area contributed by atoms with Crippen LogP contribution >= 0.6 is 0 Å². The first-order valence-electron chi connectivity index (χ1n) is 9.39. The van der Waals surface area contributed by atoms with E-state index in [4.69, 9.17) is 9.47 Å². The molecule has 7 nitrogen and oxygen atoms in total. The molecule has 0 fully saturated rings. The summed E-state index contributed by atoms with van der Waals surface area (Å²) < 4.78 is 11.1. The minimum atomic E-state index is -0.323. The second-order valence-electron chi connectivity index (χ2n) is 6.90. The number of nitrogens with one attached hydrogen (secondary N) is 2. The Hall–Kier alpha value is -3.61. The second kappa shape index (κ2) is 7.79. The summed E-state index contributed by atoms with van der Waals surface area (Å²) in [5.41, 5.74) is 4.77. The standard InChI is InChI=1S/C22H22N4O3/c1-13-5-4-6-17(15(13)3)25-22-23-14(2)11-18(26-22)21(27)24-16-7-8-19-20(12-16)29-10-9-28-19/h4-8,11-12H,9-10H2,1-3H3,(H,24,27)(H,23,25,26). The van der Waals surface area contributed by atoms with E-state index in [1.807, 2.05) is 39.0 Å². The Morgan fingerprint density at radius 2 is 1.76 bits per heavy atom. The summed E-state index contributed by atoms with van der Waals surface area (Å²) in [4.78, 5) is 21.6. The summed E-state index contributed by atoms with van der Waals surface area (Å²) in [5, 5.41) is 6.07. The van der Waals surface area contributed by atoms with Gasteiger partial charge in [0.05, 0.1) is 0 Å². The molecule has 0 bridgehead atoms. The SMILES string of the molecule is Cc1cc(C(=O)Nc2ccc3c(c2)OCCO3)nc(Nc2cccc(C)c2C)n1. The van der Waals surface area contributed by atoms with Gasteiger partial charge in [0.15, 0.2) is 11.5 Å². The number of fused-ring (bicyclic) bond motifs is 1. The number of ether oxygens (including phenoxy) is 2. The first kappa shape index (κ1) is 18.7. The van der Waals surface area contributed by atoms with Gasteiger partial charge in [-0.1, -0.05) is 12.1 Å². The van der Waals surface area contributed by atoms with Crippen molar-refractivity contribution in [1.29, 1.82) is 0 Å². The van der Waals surface area contributed by atoms with E-state index in [2.05, 4.69) is 20.6 Å². The maximum absolute atomic E-state index is 12.8. The molecule has 29 heavy (non-hydrogen) atoms. The lowest BCUT2D eigenvalue weighted by Gasteiger charge is -2.19. The number of aryl methyl sites for hydroxylation is 2. The molecule has 1 aliphatic rings. The summed E-state index contributed by atoms with van der Waals surface area (Å²) >= 11 is 0. The van der Waals surface area contributed by atoms with Crippen molar-refractivity contribution in [2.75, 3.05) is 23.8 Å². The summed E-state index contributed by atoms with van der Waals surface area (Å²) in [6.45, 7) is 6.92. The predicted octanol–water partition coefficient (Wildman–Crippen LogP) is 4.17. The average Bonchev–Trinajstić information content (AvgIpc) is 2.71. The molecule has 1 amide bonds. The Kier molecular flexibility index (Phi) is 5.03. The Balaban J connectivity index is 1.55. The fourth-order valence-corrected chi connectivity index (χ4v) is 3.06. The molecule has 2 aromatic carbocycles. The fourth-order valence-electron chi connectivity index (χ4n) is 3.06. The lowest BCUT2D eigenvalue weighted by Crippen LogP contribution is -2.17. The lowest BCUT2D eigenvalue weighted by molar-refractivity contribution is 0.102. The molecule has 1 aliphatic heterocycles. The van der Waals surface area contributed by atoms with Crippen LogP contribution in [0.3, 0.4) is 0 Å². The van der Waals surface area contributed by atoms with Gasteiger partial charge >= 0.3 is 0 Å². The highest BCUT2D eigenvalue weighted by atomic mass is 16.6. The monoisotopic (exact) mass is 390 g/mol. The van der Waals surface area contributed by atoms with E-state index in [-0.39, 0.29) is 11.6 Å². The van der Waals surface area contributed by atoms with Crippen LogP contribution < -0.4 is 20.1 Å². The van der Waals surface area contributed by atoms with Gasteiger partial charge in [0, 0.05) is 23.1 Å². The third-order valence-corrected chi connectivity index (χ3v) is 4.74. The van der Waals surface area contributed by atoms with Crippen molar-refractivity contribution in [3.63, 3.8) is 0 Å². The number of carbonyl (C=O) groups is 1. The van der Waals surface area contributed by atoms with Crippen molar-refractivity contribution < 1.29 is 14.3 Å². The highest BCUT2D eigenvalue weighted by Crippen LogP contribution is 2.32. The quantitative estimate of drug-likeness (QED) is 0.695. The van der Waals surface area contributed by atoms with Crippen LogP contribution in [0.25, 0.3) is 0 Å². The first-order valence-corrected chi connectivity index (χ1v) is 9.39. The molecule has 0 spiro atoms. The van der Waals surface area contributed by atoms with Crippen LogP contribution in [0.4, 0.5) is 17.3 Å². The fraction of sp³-hybridized carbons (Fsp3) is 0.227. The zero-order valence-electron chi connectivity index (χ0n) is 16.6. The van der Waals surface area contributed by atoms with Crippen LogP contribution in [-0.4, -0.2) is 29.1 Å². The molecule has 148 valence electrons. The van der Waals surface area contributed by atoms with E-state index in [1.165, 1.54) is 5.56 Å². The van der Waals surface area contributed by atoms with E-state index < -0.39 is 0 Å². The van der Waals surface area contributed by atoms with E-state index in [0.717, 1.165) is 11.3 Å². The minimum Gasteiger partial charge on any atom is -0.486 e. The number of anilines is 3. The van der Waals surface area contributed by atoms with Crippen LogP contribution in [0.1, 0.15) is 27.3 Å². The van der Waals surface area contributed by atoms with Gasteiger partial charge in [0.25, 0.3) is 5.91 Å². The Morgan fingerprint density at radius 1 is 0.966 bits per heavy atom. The van der Waals surface area contributed by atoms with Gasteiger partial charge in [0.2, 0.25) is 5.95 Å². The van der Waals surface area contributed by atoms with Gasteiger partial charge in [-0.05, 0) is 56.2 Å². The smallest absolute Gasteiger partial charge is 0.274 e. The van der Waals surface area contributed by atoms with Crippen LogP contribution in [0.2, 0.25) is 0 Å². The second-order valence-corrected chi connectivity index (χ2v) is 6.90. The number of carbonyl (C=O) groups excluding carboxylic acids is 1. The molecule has 1 aromatic heterocycles. The van der Waals surface area contributed by atoms with Gasteiger partial charge in [-0.15, -0.1) is 0 Å². The zero-order chi connectivity index (χ0) is 20.4. The number of hydrogen-bond donors (Lipinski definition) is 2. The molecule has 2 heterocycles. The number of aromatic nitrogens is 2. The Morgan fingerprint density at radius 3 is 2.59 bits per heavy atom. The van der Waals surface area contributed by atoms with Crippen LogP contribution in [-0.2, 0) is 0 Å². The largest absolute Gasteiger partial charge is 0.486 e. The maximum Gasteiger partial charge on any atom is 0.274 e. The van der Waals surface area contributed by atoms with E-state index in [9.17, 15) is 4.79 Å². The van der Waals surface area contributed by atoms with Crippen LogP contribution in [0.15, 0.2) is 42.5 Å². The average molecular weight is 390 g/mol. The zero-order valence-corrected chi connectivity index (χ0v) is 16.6. The summed E-state index contributed by atoms with van der Waals surface area (Å²) in [6, 6.07) is 12.9. The first-order chi connectivity index (χ1) is 14.0. The number of nitrogens with zero attached hydrogens (tertiary/aromatic N) is 2. The summed E-state index contributed by atoms with van der Waals surface area (Å²) in [5.74, 6) is 1.35. The van der Waals surface area contributed by atoms with E-state index in [1.54, 1.807) is 24.3 Å². The summed E-state index contributed by atoms with van der Waals surface area (Å²) in [6.07, 6.45) is 0. The molecule has 0 radical (unpaired) electrons. The molecule has 0 saturated heterocycles. The third-order valence-electron chi connectivity index (χ3n) is 4.74. The van der Waals surface area contributed by atoms with E-state index in [0.29, 0.717) is 42.0 Å². The number of hydrogen-bond acceptors (Lipinski definition) is 6. The molecule has 0 unspecified atom stereocenters. The number of benzene rings is 2. The van der Waals surface area contributed by atoms with Crippen molar-refractivity contribution in [1.82, 2.24) is 9.97 Å². The van der Waals surface area contributed by atoms with Gasteiger partial charge in [0.1, 0.15) is 18.9 Å². The lowest BCUT2D eigenvalue weighted by atomic mass is 10.1. The van der Waals surface area contributed by atoms with Gasteiger partial charge in [-0.25, -0.2) is 9.97 Å². The summed E-state index contributed by atoms with van der Waals surface area (Å²) in [7, 11) is 0. The highest BCUT2D eigenvalue weighted by molar-refractivity contribution is 6.03. The Bertz CT molecular complexity index is 1080. The number of amides is 1. The van der Waals surface area contributed by atoms with Crippen molar-refractivity contribution in [3.8, 4) is 11.5 Å². The molecule has 4 rings (SSSR count). The highest BCUT2D eigenvalue weighted by Gasteiger charge is 2.15. The Labute approximate surface area is 169 Å². The van der Waals surface area contributed by atoms with Gasteiger partial charge < -0.3 is 20.1 Å². The van der Waals surface area contributed by atoms with Crippen molar-refractivity contribution in [2.45, 2.75) is 20.8 Å². The van der Waals surface area contributed by atoms with Crippen molar-refractivity contribution in [2.24, 2.45) is 0 Å². The molecule has 2 N–H and O–H groups in total. The molecule has 3 aromatic rings. The van der Waals surface area contributed by atoms with Gasteiger partial charge in [-0.2, -0.15) is 0 Å². The molecular weight excluding hydrogens is 368 g/mol. The molecule has 7 heteroatoms. The predicted molar refractivity (Wildman–Crippen MR) is 111 cm³/mol. The number of rotatable bonds is 4. The van der Waals surface area contributed by atoms with Crippen molar-refractivity contribution >= 4 is 23.2 Å².